The Morgan fingerprint density at radius 3 is 2.27 bits per heavy atom. The number of rotatable bonds is 5. The summed E-state index contributed by atoms with van der Waals surface area (Å²) < 4.78 is 0.141. The van der Waals surface area contributed by atoms with Crippen LogP contribution in [0.4, 0.5) is 0 Å². The first kappa shape index (κ1) is 11.0. The van der Waals surface area contributed by atoms with Gasteiger partial charge in [-0.15, -0.1) is 0 Å². The number of hydrogen-bond donors (Lipinski definition) is 0. The van der Waals surface area contributed by atoms with E-state index in [4.69, 9.17) is 0 Å². The molecule has 0 aliphatic rings. The van der Waals surface area contributed by atoms with E-state index in [2.05, 4.69) is 20.8 Å². The van der Waals surface area contributed by atoms with Gasteiger partial charge >= 0.3 is 0 Å². The van der Waals surface area contributed by atoms with E-state index in [9.17, 15) is 4.79 Å². The predicted molar refractivity (Wildman–Crippen MR) is 52.1 cm³/mol. The van der Waals surface area contributed by atoms with Crippen LogP contribution >= 0.6 is 11.8 Å². The smallest absolute Gasteiger partial charge is 0.133 e. The van der Waals surface area contributed by atoms with E-state index >= 15 is 0 Å². The molecule has 0 aromatic rings. The number of Topliss-reactive ketones (excluding diaryl/α,β-unsaturated/α-hetero) is 1. The van der Waals surface area contributed by atoms with Crippen molar-refractivity contribution in [3.05, 3.63) is 0 Å². The van der Waals surface area contributed by atoms with Gasteiger partial charge in [-0.05, 0) is 5.75 Å². The van der Waals surface area contributed by atoms with Crippen LogP contribution in [-0.2, 0) is 4.79 Å². The molecule has 11 heavy (non-hydrogen) atoms. The molecule has 0 rings (SSSR count). The van der Waals surface area contributed by atoms with E-state index < -0.39 is 0 Å². The second kappa shape index (κ2) is 4.81. The first-order chi connectivity index (χ1) is 5.02. The highest BCUT2D eigenvalue weighted by Gasteiger charge is 2.20. The Hall–Kier alpha value is 0.0200. The molecule has 0 heterocycles. The molecule has 0 saturated carbocycles. The van der Waals surface area contributed by atoms with Gasteiger partial charge in [0.15, 0.2) is 0 Å². The molecule has 66 valence electrons. The van der Waals surface area contributed by atoms with Crippen LogP contribution in [0.1, 0.15) is 40.5 Å². The summed E-state index contributed by atoms with van der Waals surface area (Å²) in [5.41, 5.74) is 0. The Bertz CT molecular complexity index is 130. The molecule has 0 unspecified atom stereocenters. The van der Waals surface area contributed by atoms with Gasteiger partial charge in [0, 0.05) is 17.6 Å². The van der Waals surface area contributed by atoms with Crippen molar-refractivity contribution in [2.24, 2.45) is 0 Å². The Morgan fingerprint density at radius 2 is 1.91 bits per heavy atom. The third-order valence-electron chi connectivity index (χ3n) is 1.55. The summed E-state index contributed by atoms with van der Waals surface area (Å²) in [6.07, 6.45) is 1.38. The topological polar surface area (TPSA) is 17.1 Å². The average Bonchev–Trinajstić information content (AvgIpc) is 1.86. The van der Waals surface area contributed by atoms with Crippen molar-refractivity contribution in [1.82, 2.24) is 0 Å². The van der Waals surface area contributed by atoms with E-state index in [0.717, 1.165) is 5.75 Å². The van der Waals surface area contributed by atoms with E-state index in [-0.39, 0.29) is 4.75 Å². The van der Waals surface area contributed by atoms with Gasteiger partial charge in [0.05, 0.1) is 0 Å². The molecule has 0 N–H and O–H groups in total. The predicted octanol–water partition coefficient (Wildman–Crippen LogP) is 2.89. The Balaban J connectivity index is 3.80. The molecule has 0 saturated heterocycles. The molecule has 0 radical (unpaired) electrons. The summed E-state index contributed by atoms with van der Waals surface area (Å²) in [5, 5.41) is 0. The van der Waals surface area contributed by atoms with Crippen molar-refractivity contribution in [1.29, 1.82) is 0 Å². The fourth-order valence-electron chi connectivity index (χ4n) is 1.04. The van der Waals surface area contributed by atoms with Crippen molar-refractivity contribution in [3.63, 3.8) is 0 Å². The molecular weight excluding hydrogens is 156 g/mol. The van der Waals surface area contributed by atoms with Crippen LogP contribution < -0.4 is 0 Å². The lowest BCUT2D eigenvalue weighted by molar-refractivity contribution is -0.119. The van der Waals surface area contributed by atoms with Gasteiger partial charge in [-0.1, -0.05) is 27.7 Å². The maximum absolute atomic E-state index is 11.1. The minimum Gasteiger partial charge on any atom is -0.300 e. The Labute approximate surface area is 73.9 Å². The fraction of sp³-hybridized carbons (Fsp3) is 0.889. The lowest BCUT2D eigenvalue weighted by Crippen LogP contribution is -2.19. The largest absolute Gasteiger partial charge is 0.300 e. The standard InChI is InChI=1S/C9H18OS/c1-5-8(10)7-9(3,4)11-6-2/h5-7H2,1-4H3. The molecule has 2 heteroatoms. The maximum Gasteiger partial charge on any atom is 0.133 e. The van der Waals surface area contributed by atoms with Crippen molar-refractivity contribution in [2.75, 3.05) is 5.75 Å². The minimum atomic E-state index is 0.141. The molecule has 0 spiro atoms. The molecule has 0 aromatic heterocycles. The van der Waals surface area contributed by atoms with Gasteiger partial charge in [0.1, 0.15) is 5.78 Å². The van der Waals surface area contributed by atoms with E-state index in [0.29, 0.717) is 18.6 Å². The van der Waals surface area contributed by atoms with Crippen molar-refractivity contribution in [3.8, 4) is 0 Å². The quantitative estimate of drug-likeness (QED) is 0.637. The molecule has 0 atom stereocenters. The SMILES string of the molecule is CCSC(C)(C)CC(=O)CC. The summed E-state index contributed by atoms with van der Waals surface area (Å²) >= 11 is 1.86. The third kappa shape index (κ3) is 5.31. The molecule has 0 aromatic carbocycles. The molecule has 0 fully saturated rings. The summed E-state index contributed by atoms with van der Waals surface area (Å²) in [4.78, 5) is 11.1. The zero-order chi connectivity index (χ0) is 8.91. The van der Waals surface area contributed by atoms with Gasteiger partial charge in [-0.25, -0.2) is 0 Å². The number of ketones is 1. The van der Waals surface area contributed by atoms with Gasteiger partial charge in [0.2, 0.25) is 0 Å². The lowest BCUT2D eigenvalue weighted by atomic mass is 10.1. The minimum absolute atomic E-state index is 0.141. The van der Waals surface area contributed by atoms with Crippen molar-refractivity contribution in [2.45, 2.75) is 45.3 Å². The monoisotopic (exact) mass is 174 g/mol. The lowest BCUT2D eigenvalue weighted by Gasteiger charge is -2.21. The normalized spacial score (nSPS) is 11.6. The first-order valence-electron chi connectivity index (χ1n) is 4.17. The highest BCUT2D eigenvalue weighted by molar-refractivity contribution is 8.00. The van der Waals surface area contributed by atoms with Crippen LogP contribution in [0, 0.1) is 0 Å². The van der Waals surface area contributed by atoms with Crippen LogP contribution in [0.3, 0.4) is 0 Å². The number of thioether (sulfide) groups is 1. The fourth-order valence-corrected chi connectivity index (χ4v) is 2.09. The first-order valence-corrected chi connectivity index (χ1v) is 5.16. The highest BCUT2D eigenvalue weighted by atomic mass is 32.2. The number of hydrogen-bond acceptors (Lipinski definition) is 2. The Kier molecular flexibility index (Phi) is 4.82. The summed E-state index contributed by atoms with van der Waals surface area (Å²) in [5.74, 6) is 1.46. The van der Waals surface area contributed by atoms with Crippen LogP contribution in [0.15, 0.2) is 0 Å². The van der Waals surface area contributed by atoms with Crippen LogP contribution in [-0.4, -0.2) is 16.3 Å². The molecule has 0 aliphatic carbocycles. The second-order valence-corrected chi connectivity index (χ2v) is 5.23. The van der Waals surface area contributed by atoms with Gasteiger partial charge < -0.3 is 0 Å². The molecular formula is C9H18OS. The molecule has 0 aliphatic heterocycles. The highest BCUT2D eigenvalue weighted by Crippen LogP contribution is 2.28. The average molecular weight is 174 g/mol. The number of carbonyl (C=O) groups is 1. The van der Waals surface area contributed by atoms with Crippen molar-refractivity contribution >= 4 is 17.5 Å². The summed E-state index contributed by atoms with van der Waals surface area (Å²) in [6.45, 7) is 8.32. The van der Waals surface area contributed by atoms with Gasteiger partial charge in [-0.2, -0.15) is 11.8 Å². The van der Waals surface area contributed by atoms with Crippen LogP contribution in [0.2, 0.25) is 0 Å². The van der Waals surface area contributed by atoms with Gasteiger partial charge in [0.25, 0.3) is 0 Å². The zero-order valence-corrected chi connectivity index (χ0v) is 8.75. The molecule has 0 amide bonds. The van der Waals surface area contributed by atoms with E-state index in [1.807, 2.05) is 18.7 Å². The maximum atomic E-state index is 11.1. The van der Waals surface area contributed by atoms with E-state index in [1.54, 1.807) is 0 Å². The molecule has 0 bridgehead atoms. The van der Waals surface area contributed by atoms with Crippen LogP contribution in [0.5, 0.6) is 0 Å². The molecule has 1 nitrogen and oxygen atoms in total. The second-order valence-electron chi connectivity index (χ2n) is 3.26. The Morgan fingerprint density at radius 1 is 1.36 bits per heavy atom. The van der Waals surface area contributed by atoms with E-state index in [1.165, 1.54) is 0 Å². The zero-order valence-electron chi connectivity index (χ0n) is 7.94. The van der Waals surface area contributed by atoms with Crippen LogP contribution in [0.25, 0.3) is 0 Å². The van der Waals surface area contributed by atoms with Gasteiger partial charge in [-0.3, -0.25) is 4.79 Å². The third-order valence-corrected chi connectivity index (χ3v) is 2.77. The number of carbonyl (C=O) groups excluding carboxylic acids is 1. The summed E-state index contributed by atoms with van der Waals surface area (Å²) in [7, 11) is 0. The van der Waals surface area contributed by atoms with Crippen molar-refractivity contribution < 1.29 is 4.79 Å². The summed E-state index contributed by atoms with van der Waals surface area (Å²) in [6, 6.07) is 0.